The SMILES string of the molecule is COc1ccc(/C=C/C(=O)NCCCc2ccccc2)c(OC)c1. The average molecular weight is 325 g/mol. The molecule has 0 aliphatic carbocycles. The summed E-state index contributed by atoms with van der Waals surface area (Å²) in [5.41, 5.74) is 2.11. The van der Waals surface area contributed by atoms with E-state index in [9.17, 15) is 4.79 Å². The number of hydrogen-bond donors (Lipinski definition) is 1. The van der Waals surface area contributed by atoms with Crippen LogP contribution in [0.4, 0.5) is 0 Å². The Morgan fingerprint density at radius 2 is 1.88 bits per heavy atom. The lowest BCUT2D eigenvalue weighted by molar-refractivity contribution is -0.116. The fourth-order valence-electron chi connectivity index (χ4n) is 2.33. The molecule has 1 N–H and O–H groups in total. The Kier molecular flexibility index (Phi) is 6.90. The molecule has 126 valence electrons. The summed E-state index contributed by atoms with van der Waals surface area (Å²) in [5, 5.41) is 2.89. The number of benzene rings is 2. The molecule has 0 aliphatic heterocycles. The number of aryl methyl sites for hydroxylation is 1. The quantitative estimate of drug-likeness (QED) is 0.597. The minimum absolute atomic E-state index is 0.110. The maximum absolute atomic E-state index is 11.9. The Morgan fingerprint density at radius 3 is 2.58 bits per heavy atom. The van der Waals surface area contributed by atoms with E-state index in [2.05, 4.69) is 17.4 Å². The van der Waals surface area contributed by atoms with Gasteiger partial charge >= 0.3 is 0 Å². The van der Waals surface area contributed by atoms with Gasteiger partial charge in [0.1, 0.15) is 11.5 Å². The van der Waals surface area contributed by atoms with E-state index in [0.29, 0.717) is 12.3 Å². The zero-order valence-electron chi connectivity index (χ0n) is 14.1. The van der Waals surface area contributed by atoms with Crippen LogP contribution in [0.2, 0.25) is 0 Å². The zero-order valence-corrected chi connectivity index (χ0v) is 14.1. The highest BCUT2D eigenvalue weighted by Crippen LogP contribution is 2.25. The van der Waals surface area contributed by atoms with Gasteiger partial charge in [0.15, 0.2) is 0 Å². The van der Waals surface area contributed by atoms with Crippen molar-refractivity contribution in [2.75, 3.05) is 20.8 Å². The van der Waals surface area contributed by atoms with Gasteiger partial charge in [0.25, 0.3) is 0 Å². The van der Waals surface area contributed by atoms with Crippen LogP contribution < -0.4 is 14.8 Å². The van der Waals surface area contributed by atoms with Gasteiger partial charge in [-0.2, -0.15) is 0 Å². The molecule has 0 saturated carbocycles. The maximum Gasteiger partial charge on any atom is 0.244 e. The number of amides is 1. The number of carbonyl (C=O) groups is 1. The number of rotatable bonds is 8. The minimum Gasteiger partial charge on any atom is -0.497 e. The minimum atomic E-state index is -0.110. The molecule has 2 aromatic carbocycles. The van der Waals surface area contributed by atoms with E-state index in [1.54, 1.807) is 26.4 Å². The van der Waals surface area contributed by atoms with E-state index in [-0.39, 0.29) is 5.91 Å². The molecule has 0 heterocycles. The molecule has 0 spiro atoms. The lowest BCUT2D eigenvalue weighted by atomic mass is 10.1. The Labute approximate surface area is 143 Å². The van der Waals surface area contributed by atoms with Gasteiger partial charge in [-0.1, -0.05) is 30.3 Å². The number of hydrogen-bond acceptors (Lipinski definition) is 3. The third-order valence-corrected chi connectivity index (χ3v) is 3.64. The number of methoxy groups -OCH3 is 2. The van der Waals surface area contributed by atoms with E-state index in [1.165, 1.54) is 11.6 Å². The number of carbonyl (C=O) groups excluding carboxylic acids is 1. The van der Waals surface area contributed by atoms with Crippen LogP contribution in [0.1, 0.15) is 17.5 Å². The topological polar surface area (TPSA) is 47.6 Å². The van der Waals surface area contributed by atoms with Crippen LogP contribution in [-0.2, 0) is 11.2 Å². The summed E-state index contributed by atoms with van der Waals surface area (Å²) in [6.07, 6.45) is 5.13. The maximum atomic E-state index is 11.9. The molecule has 0 unspecified atom stereocenters. The molecule has 0 aliphatic rings. The summed E-state index contributed by atoms with van der Waals surface area (Å²) in [6, 6.07) is 15.7. The second-order valence-electron chi connectivity index (χ2n) is 5.32. The Balaban J connectivity index is 1.80. The molecule has 0 bridgehead atoms. The van der Waals surface area contributed by atoms with Gasteiger partial charge in [0.2, 0.25) is 5.91 Å². The molecule has 2 rings (SSSR count). The molecule has 24 heavy (non-hydrogen) atoms. The van der Waals surface area contributed by atoms with E-state index < -0.39 is 0 Å². The summed E-state index contributed by atoms with van der Waals surface area (Å²) in [4.78, 5) is 11.9. The predicted octanol–water partition coefficient (Wildman–Crippen LogP) is 3.47. The van der Waals surface area contributed by atoms with Crippen molar-refractivity contribution in [2.24, 2.45) is 0 Å². The summed E-state index contributed by atoms with van der Waals surface area (Å²) < 4.78 is 10.5. The summed E-state index contributed by atoms with van der Waals surface area (Å²) >= 11 is 0. The van der Waals surface area contributed by atoms with Crippen LogP contribution in [0.25, 0.3) is 6.08 Å². The predicted molar refractivity (Wildman–Crippen MR) is 96.4 cm³/mol. The molecule has 0 aromatic heterocycles. The molecule has 0 atom stereocenters. The van der Waals surface area contributed by atoms with Crippen molar-refractivity contribution in [3.63, 3.8) is 0 Å². The van der Waals surface area contributed by atoms with E-state index >= 15 is 0 Å². The van der Waals surface area contributed by atoms with Gasteiger partial charge in [0.05, 0.1) is 14.2 Å². The molecule has 4 heteroatoms. The first-order valence-corrected chi connectivity index (χ1v) is 7.95. The van der Waals surface area contributed by atoms with Crippen LogP contribution >= 0.6 is 0 Å². The second-order valence-corrected chi connectivity index (χ2v) is 5.32. The molecule has 0 fully saturated rings. The molecular formula is C20H23NO3. The Morgan fingerprint density at radius 1 is 1.08 bits per heavy atom. The summed E-state index contributed by atoms with van der Waals surface area (Å²) in [6.45, 7) is 0.651. The fourth-order valence-corrected chi connectivity index (χ4v) is 2.33. The third-order valence-electron chi connectivity index (χ3n) is 3.64. The number of nitrogens with one attached hydrogen (secondary N) is 1. The largest absolute Gasteiger partial charge is 0.497 e. The normalized spacial score (nSPS) is 10.6. The van der Waals surface area contributed by atoms with E-state index in [1.807, 2.05) is 30.3 Å². The molecule has 0 saturated heterocycles. The van der Waals surface area contributed by atoms with Gasteiger partial charge in [-0.15, -0.1) is 0 Å². The van der Waals surface area contributed by atoms with Crippen molar-refractivity contribution >= 4 is 12.0 Å². The highest BCUT2D eigenvalue weighted by Gasteiger charge is 2.03. The van der Waals surface area contributed by atoms with Gasteiger partial charge in [-0.25, -0.2) is 0 Å². The van der Waals surface area contributed by atoms with Crippen molar-refractivity contribution in [1.82, 2.24) is 5.32 Å². The van der Waals surface area contributed by atoms with Crippen molar-refractivity contribution in [1.29, 1.82) is 0 Å². The van der Waals surface area contributed by atoms with Crippen molar-refractivity contribution < 1.29 is 14.3 Å². The molecule has 1 amide bonds. The van der Waals surface area contributed by atoms with Gasteiger partial charge in [0, 0.05) is 24.3 Å². The van der Waals surface area contributed by atoms with Crippen LogP contribution in [0.3, 0.4) is 0 Å². The lowest BCUT2D eigenvalue weighted by Crippen LogP contribution is -2.22. The van der Waals surface area contributed by atoms with Gasteiger partial charge in [-0.05, 0) is 36.6 Å². The molecule has 0 radical (unpaired) electrons. The number of ether oxygens (including phenoxy) is 2. The first kappa shape index (κ1) is 17.6. The van der Waals surface area contributed by atoms with Gasteiger partial charge < -0.3 is 14.8 Å². The van der Waals surface area contributed by atoms with Crippen LogP contribution in [-0.4, -0.2) is 26.7 Å². The van der Waals surface area contributed by atoms with Crippen LogP contribution in [0.5, 0.6) is 11.5 Å². The monoisotopic (exact) mass is 325 g/mol. The van der Waals surface area contributed by atoms with Crippen molar-refractivity contribution in [3.05, 3.63) is 65.7 Å². The lowest BCUT2D eigenvalue weighted by Gasteiger charge is -2.07. The van der Waals surface area contributed by atoms with Crippen molar-refractivity contribution in [2.45, 2.75) is 12.8 Å². The first-order valence-electron chi connectivity index (χ1n) is 7.95. The van der Waals surface area contributed by atoms with Crippen LogP contribution in [0, 0.1) is 0 Å². The van der Waals surface area contributed by atoms with E-state index in [4.69, 9.17) is 9.47 Å². The highest BCUT2D eigenvalue weighted by molar-refractivity contribution is 5.92. The summed E-state index contributed by atoms with van der Waals surface area (Å²) in [5.74, 6) is 1.28. The first-order chi connectivity index (χ1) is 11.7. The Bertz CT molecular complexity index is 681. The zero-order chi connectivity index (χ0) is 17.2. The second kappa shape index (κ2) is 9.40. The summed E-state index contributed by atoms with van der Waals surface area (Å²) in [7, 11) is 3.20. The van der Waals surface area contributed by atoms with Gasteiger partial charge in [-0.3, -0.25) is 4.79 Å². The average Bonchev–Trinajstić information content (AvgIpc) is 2.64. The highest BCUT2D eigenvalue weighted by atomic mass is 16.5. The standard InChI is InChI=1S/C20H23NO3/c1-23-18-12-10-17(19(15-18)24-2)11-13-20(22)21-14-6-9-16-7-4-3-5-8-16/h3-5,7-8,10-13,15H,6,9,14H2,1-2H3,(H,21,22)/b13-11+. The smallest absolute Gasteiger partial charge is 0.244 e. The van der Waals surface area contributed by atoms with Crippen molar-refractivity contribution in [3.8, 4) is 11.5 Å². The molecule has 4 nitrogen and oxygen atoms in total. The molecule has 2 aromatic rings. The van der Waals surface area contributed by atoms with Crippen LogP contribution in [0.15, 0.2) is 54.6 Å². The Hall–Kier alpha value is -2.75. The fraction of sp³-hybridized carbons (Fsp3) is 0.250. The third kappa shape index (κ3) is 5.47. The molecular weight excluding hydrogens is 302 g/mol. The van der Waals surface area contributed by atoms with E-state index in [0.717, 1.165) is 24.2 Å².